The van der Waals surface area contributed by atoms with E-state index < -0.39 is 36.5 Å². The van der Waals surface area contributed by atoms with E-state index in [-0.39, 0.29) is 23.8 Å². The van der Waals surface area contributed by atoms with E-state index >= 15 is 4.39 Å². The Hall–Kier alpha value is -4.38. The third kappa shape index (κ3) is 4.53. The zero-order chi connectivity index (χ0) is 24.4. The minimum Gasteiger partial charge on any atom is -0.459 e. The van der Waals surface area contributed by atoms with Crippen LogP contribution in [0.15, 0.2) is 73.2 Å². The molecule has 0 unspecified atom stereocenters. The molecule has 10 nitrogen and oxygen atoms in total. The molecule has 178 valence electrons. The fraction of sp³-hybridized carbons (Fsp3) is 0.208. The fourth-order valence-electron chi connectivity index (χ4n) is 3.80. The van der Waals surface area contributed by atoms with Crippen LogP contribution in [-0.2, 0) is 14.2 Å². The molecule has 0 radical (unpaired) electrons. The van der Waals surface area contributed by atoms with E-state index in [1.807, 2.05) is 0 Å². The summed E-state index contributed by atoms with van der Waals surface area (Å²) >= 11 is 0. The first-order valence-electron chi connectivity index (χ1n) is 10.7. The van der Waals surface area contributed by atoms with Gasteiger partial charge in [-0.25, -0.2) is 23.9 Å². The highest BCUT2D eigenvalue weighted by molar-refractivity contribution is 5.90. The summed E-state index contributed by atoms with van der Waals surface area (Å²) in [6, 6.07) is 16.5. The third-order valence-electron chi connectivity index (χ3n) is 5.52. The number of benzene rings is 2. The van der Waals surface area contributed by atoms with Crippen molar-refractivity contribution in [2.45, 2.75) is 24.6 Å². The van der Waals surface area contributed by atoms with Gasteiger partial charge in [-0.05, 0) is 24.3 Å². The molecular formula is C24H20FN5O5. The number of hydrogen-bond donors (Lipinski definition) is 1. The second-order valence-electron chi connectivity index (χ2n) is 7.80. The van der Waals surface area contributed by atoms with E-state index in [9.17, 15) is 9.59 Å². The second-order valence-corrected chi connectivity index (χ2v) is 7.80. The lowest BCUT2D eigenvalue weighted by molar-refractivity contribution is -0.0570. The van der Waals surface area contributed by atoms with E-state index in [1.165, 1.54) is 17.1 Å². The number of esters is 2. The van der Waals surface area contributed by atoms with E-state index in [0.717, 1.165) is 0 Å². The first-order chi connectivity index (χ1) is 17.0. The minimum atomic E-state index is -1.82. The number of nitrogens with zero attached hydrogens (tertiary/aromatic N) is 4. The average Bonchev–Trinajstić information content (AvgIpc) is 3.43. The number of halogens is 1. The van der Waals surface area contributed by atoms with Crippen LogP contribution in [0, 0.1) is 0 Å². The van der Waals surface area contributed by atoms with Gasteiger partial charge in [0, 0.05) is 0 Å². The number of anilines is 1. The third-order valence-corrected chi connectivity index (χ3v) is 5.52. The molecule has 3 heterocycles. The monoisotopic (exact) mass is 477 g/mol. The molecule has 1 fully saturated rings. The van der Waals surface area contributed by atoms with Crippen LogP contribution in [-0.4, -0.2) is 56.4 Å². The molecule has 2 aromatic carbocycles. The summed E-state index contributed by atoms with van der Waals surface area (Å²) in [4.78, 5) is 37.3. The van der Waals surface area contributed by atoms with Gasteiger partial charge in [0.05, 0.1) is 23.7 Å². The molecule has 4 atom stereocenters. The van der Waals surface area contributed by atoms with Gasteiger partial charge in [-0.1, -0.05) is 36.4 Å². The Balaban J connectivity index is 1.40. The highest BCUT2D eigenvalue weighted by Crippen LogP contribution is 2.36. The van der Waals surface area contributed by atoms with Crippen LogP contribution in [0.1, 0.15) is 26.9 Å². The summed E-state index contributed by atoms with van der Waals surface area (Å²) in [7, 11) is 0. The molecule has 11 heteroatoms. The topological polar surface area (TPSA) is 131 Å². The number of ether oxygens (including phenoxy) is 3. The quantitative estimate of drug-likeness (QED) is 0.416. The maximum absolute atomic E-state index is 15.8. The summed E-state index contributed by atoms with van der Waals surface area (Å²) in [5, 5.41) is 0. The average molecular weight is 477 g/mol. The number of carbonyl (C=O) groups excluding carboxylic acids is 2. The van der Waals surface area contributed by atoms with Crippen molar-refractivity contribution >= 4 is 29.1 Å². The normalized spacial score (nSPS) is 21.6. The van der Waals surface area contributed by atoms with E-state index in [0.29, 0.717) is 11.1 Å². The zero-order valence-corrected chi connectivity index (χ0v) is 18.2. The molecule has 1 aliphatic heterocycles. The van der Waals surface area contributed by atoms with Crippen molar-refractivity contribution in [3.8, 4) is 0 Å². The van der Waals surface area contributed by atoms with Gasteiger partial charge >= 0.3 is 11.9 Å². The summed E-state index contributed by atoms with van der Waals surface area (Å²) < 4.78 is 33.9. The molecule has 4 aromatic rings. The second kappa shape index (κ2) is 9.47. The van der Waals surface area contributed by atoms with Crippen molar-refractivity contribution < 1.29 is 28.2 Å². The number of nitrogens with two attached hydrogens (primary N) is 1. The summed E-state index contributed by atoms with van der Waals surface area (Å²) in [5.74, 6) is -1.37. The fourth-order valence-corrected chi connectivity index (χ4v) is 3.80. The molecule has 35 heavy (non-hydrogen) atoms. The van der Waals surface area contributed by atoms with Crippen LogP contribution in [0.25, 0.3) is 11.2 Å². The van der Waals surface area contributed by atoms with Gasteiger partial charge in [0.1, 0.15) is 18.2 Å². The standard InChI is InChI=1S/C24H20FN5O5/c25-18-19(35-23(32)15-9-5-2-6-10-15)17(12-33-22(31)14-7-3-1-4-8-14)34-21(18)30-13-28-16-11-27-24(26)29-20(16)30/h1-11,13,17-19,21H,12H2,(H2,26,27,29)/t17-,18+,19-,21-/m1/s1. The van der Waals surface area contributed by atoms with E-state index in [1.54, 1.807) is 60.7 Å². The summed E-state index contributed by atoms with van der Waals surface area (Å²) in [6.45, 7) is -0.346. The van der Waals surface area contributed by atoms with Crippen molar-refractivity contribution in [3.05, 3.63) is 84.3 Å². The predicted molar refractivity (Wildman–Crippen MR) is 121 cm³/mol. The zero-order valence-electron chi connectivity index (χ0n) is 18.2. The molecule has 1 saturated heterocycles. The Morgan fingerprint density at radius 1 is 1.00 bits per heavy atom. The van der Waals surface area contributed by atoms with Gasteiger partial charge in [0.25, 0.3) is 0 Å². The number of rotatable bonds is 6. The summed E-state index contributed by atoms with van der Waals surface area (Å²) in [6.07, 6.45) is -2.80. The number of aromatic nitrogens is 4. The number of alkyl halides is 1. The number of hydrogen-bond acceptors (Lipinski definition) is 9. The van der Waals surface area contributed by atoms with Crippen molar-refractivity contribution in [2.75, 3.05) is 12.3 Å². The van der Waals surface area contributed by atoms with Crippen LogP contribution in [0.5, 0.6) is 0 Å². The lowest BCUT2D eigenvalue weighted by Gasteiger charge is -2.19. The molecule has 2 aromatic heterocycles. The molecule has 0 amide bonds. The largest absolute Gasteiger partial charge is 0.459 e. The SMILES string of the molecule is Nc1ncc2ncn([C@@H]3O[C@H](COC(=O)c4ccccc4)[C@@H](OC(=O)c4ccccc4)[C@@H]3F)c2n1. The highest BCUT2D eigenvalue weighted by Gasteiger charge is 2.49. The Labute approximate surface area is 198 Å². The molecule has 0 aliphatic carbocycles. The van der Waals surface area contributed by atoms with Crippen molar-refractivity contribution in [1.82, 2.24) is 19.5 Å². The van der Waals surface area contributed by atoms with Gasteiger partial charge in [-0.2, -0.15) is 4.98 Å². The first kappa shape index (κ1) is 22.4. The number of fused-ring (bicyclic) bond motifs is 1. The Morgan fingerprint density at radius 3 is 2.34 bits per heavy atom. The van der Waals surface area contributed by atoms with Crippen LogP contribution >= 0.6 is 0 Å². The van der Waals surface area contributed by atoms with Gasteiger partial charge in [0.15, 0.2) is 24.2 Å². The smallest absolute Gasteiger partial charge is 0.338 e. The highest BCUT2D eigenvalue weighted by atomic mass is 19.1. The van der Waals surface area contributed by atoms with Crippen LogP contribution < -0.4 is 5.73 Å². The lowest BCUT2D eigenvalue weighted by atomic mass is 10.1. The van der Waals surface area contributed by atoms with Crippen LogP contribution in [0.2, 0.25) is 0 Å². The Bertz CT molecular complexity index is 1350. The van der Waals surface area contributed by atoms with Gasteiger partial charge in [-0.15, -0.1) is 0 Å². The Kier molecular flexibility index (Phi) is 6.06. The van der Waals surface area contributed by atoms with Gasteiger partial charge in [0.2, 0.25) is 5.95 Å². The van der Waals surface area contributed by atoms with E-state index in [4.69, 9.17) is 19.9 Å². The molecule has 0 bridgehead atoms. The van der Waals surface area contributed by atoms with Crippen LogP contribution in [0.3, 0.4) is 0 Å². The number of imidazole rings is 1. The maximum Gasteiger partial charge on any atom is 0.338 e. The summed E-state index contributed by atoms with van der Waals surface area (Å²) in [5.41, 5.74) is 6.88. The number of nitrogen functional groups attached to an aromatic ring is 1. The van der Waals surface area contributed by atoms with E-state index in [2.05, 4.69) is 15.0 Å². The molecule has 0 spiro atoms. The predicted octanol–water partition coefficient (Wildman–Crippen LogP) is 2.73. The van der Waals surface area contributed by atoms with Crippen molar-refractivity contribution in [1.29, 1.82) is 0 Å². The molecule has 5 rings (SSSR count). The van der Waals surface area contributed by atoms with Gasteiger partial charge in [-0.3, -0.25) is 4.57 Å². The van der Waals surface area contributed by atoms with Crippen molar-refractivity contribution in [3.63, 3.8) is 0 Å². The molecule has 0 saturated carbocycles. The first-order valence-corrected chi connectivity index (χ1v) is 10.7. The minimum absolute atomic E-state index is 0.0203. The maximum atomic E-state index is 15.8. The van der Waals surface area contributed by atoms with Gasteiger partial charge < -0.3 is 19.9 Å². The Morgan fingerprint density at radius 2 is 1.66 bits per heavy atom. The van der Waals surface area contributed by atoms with Crippen LogP contribution in [0.4, 0.5) is 10.3 Å². The molecule has 1 aliphatic rings. The van der Waals surface area contributed by atoms with Crippen molar-refractivity contribution in [2.24, 2.45) is 0 Å². The number of carbonyl (C=O) groups is 2. The molecule has 2 N–H and O–H groups in total. The lowest BCUT2D eigenvalue weighted by Crippen LogP contribution is -2.37. The molecular weight excluding hydrogens is 457 g/mol.